The quantitative estimate of drug-likeness (QED) is 0.836. The minimum atomic E-state index is -4.02. The Morgan fingerprint density at radius 2 is 2.11 bits per heavy atom. The molecule has 0 aliphatic carbocycles. The number of benzene rings is 1. The lowest BCUT2D eigenvalue weighted by molar-refractivity contribution is -0.174. The molecular formula is C12H14F3NO3. The molecule has 0 aliphatic rings. The monoisotopic (exact) mass is 277 g/mol. The van der Waals surface area contributed by atoms with Crippen LogP contribution >= 0.6 is 0 Å². The first-order chi connectivity index (χ1) is 8.84. The molecular weight excluding hydrogens is 263 g/mol. The van der Waals surface area contributed by atoms with Gasteiger partial charge in [0.2, 0.25) is 0 Å². The predicted molar refractivity (Wildman–Crippen MR) is 61.5 cm³/mol. The summed E-state index contributed by atoms with van der Waals surface area (Å²) in [5, 5.41) is 0. The van der Waals surface area contributed by atoms with Crippen molar-refractivity contribution in [3.05, 3.63) is 29.6 Å². The molecule has 0 heterocycles. The van der Waals surface area contributed by atoms with Crippen molar-refractivity contribution in [3.63, 3.8) is 0 Å². The van der Waals surface area contributed by atoms with Gasteiger partial charge in [0.25, 0.3) is 0 Å². The summed E-state index contributed by atoms with van der Waals surface area (Å²) in [6, 6.07) is 1.07. The maximum Gasteiger partial charge on any atom is 0.379 e. The Hall–Kier alpha value is -1.76. The third kappa shape index (κ3) is 3.17. The Morgan fingerprint density at radius 3 is 2.63 bits per heavy atom. The number of halogens is 3. The second-order valence-electron chi connectivity index (χ2n) is 3.71. The molecule has 106 valence electrons. The van der Waals surface area contributed by atoms with Gasteiger partial charge in [0, 0.05) is 5.56 Å². The van der Waals surface area contributed by atoms with Crippen molar-refractivity contribution in [2.45, 2.75) is 18.9 Å². The summed E-state index contributed by atoms with van der Waals surface area (Å²) in [5.41, 5.74) is 4.77. The third-order valence-corrected chi connectivity index (χ3v) is 2.48. The molecule has 19 heavy (non-hydrogen) atoms. The average molecular weight is 277 g/mol. The molecule has 0 amide bonds. The van der Waals surface area contributed by atoms with Crippen LogP contribution in [0.2, 0.25) is 0 Å². The number of alkyl halides is 2. The molecule has 0 saturated carbocycles. The first-order valence-electron chi connectivity index (χ1n) is 5.48. The Labute approximate surface area is 108 Å². The second kappa shape index (κ2) is 5.92. The van der Waals surface area contributed by atoms with E-state index in [9.17, 15) is 18.0 Å². The van der Waals surface area contributed by atoms with Crippen LogP contribution in [-0.4, -0.2) is 25.6 Å². The fourth-order valence-corrected chi connectivity index (χ4v) is 1.44. The van der Waals surface area contributed by atoms with Crippen LogP contribution in [0.15, 0.2) is 18.2 Å². The smallest absolute Gasteiger partial charge is 0.379 e. The molecule has 1 atom stereocenters. The van der Waals surface area contributed by atoms with Gasteiger partial charge in [-0.15, -0.1) is 0 Å². The highest BCUT2D eigenvalue weighted by atomic mass is 19.3. The summed E-state index contributed by atoms with van der Waals surface area (Å²) in [4.78, 5) is 11.1. The van der Waals surface area contributed by atoms with Gasteiger partial charge in [-0.05, 0) is 25.1 Å². The van der Waals surface area contributed by atoms with Crippen molar-refractivity contribution >= 4 is 5.97 Å². The van der Waals surface area contributed by atoms with E-state index in [1.54, 1.807) is 0 Å². The Bertz CT molecular complexity index is 466. The number of hydrogen-bond acceptors (Lipinski definition) is 4. The van der Waals surface area contributed by atoms with E-state index >= 15 is 0 Å². The number of methoxy groups -OCH3 is 1. The highest BCUT2D eigenvalue weighted by Gasteiger charge is 2.48. The van der Waals surface area contributed by atoms with Crippen molar-refractivity contribution in [1.29, 1.82) is 0 Å². The van der Waals surface area contributed by atoms with E-state index in [0.29, 0.717) is 0 Å². The fourth-order valence-electron chi connectivity index (χ4n) is 1.44. The number of rotatable bonds is 5. The van der Waals surface area contributed by atoms with E-state index in [0.717, 1.165) is 12.1 Å². The normalized spacial score (nSPS) is 12.9. The van der Waals surface area contributed by atoms with Crippen molar-refractivity contribution in [3.8, 4) is 5.75 Å². The van der Waals surface area contributed by atoms with Crippen molar-refractivity contribution in [2.75, 3.05) is 13.7 Å². The summed E-state index contributed by atoms with van der Waals surface area (Å²) in [7, 11) is 1.30. The summed E-state index contributed by atoms with van der Waals surface area (Å²) >= 11 is 0. The molecule has 0 fully saturated rings. The lowest BCUT2D eigenvalue weighted by Gasteiger charge is -2.22. The number of carbonyl (C=O) groups excluding carboxylic acids is 1. The summed E-state index contributed by atoms with van der Waals surface area (Å²) in [5.74, 6) is -6.60. The second-order valence-corrected chi connectivity index (χ2v) is 3.71. The van der Waals surface area contributed by atoms with Crippen molar-refractivity contribution < 1.29 is 27.4 Å². The van der Waals surface area contributed by atoms with Gasteiger partial charge >= 0.3 is 11.9 Å². The molecule has 0 spiro atoms. The third-order valence-electron chi connectivity index (χ3n) is 2.48. The van der Waals surface area contributed by atoms with Gasteiger partial charge < -0.3 is 15.2 Å². The predicted octanol–water partition coefficient (Wildman–Crippen LogP) is 2.03. The molecule has 2 N–H and O–H groups in total. The number of carbonyl (C=O) groups is 1. The van der Waals surface area contributed by atoms with Crippen LogP contribution in [0.25, 0.3) is 0 Å². The van der Waals surface area contributed by atoms with E-state index < -0.39 is 29.3 Å². The number of ether oxygens (including phenoxy) is 2. The van der Waals surface area contributed by atoms with E-state index in [1.165, 1.54) is 20.1 Å². The lowest BCUT2D eigenvalue weighted by Crippen LogP contribution is -2.42. The zero-order valence-corrected chi connectivity index (χ0v) is 10.5. The molecule has 7 heteroatoms. The highest BCUT2D eigenvalue weighted by molar-refractivity contribution is 5.79. The van der Waals surface area contributed by atoms with Gasteiger partial charge in [-0.2, -0.15) is 8.78 Å². The largest absolute Gasteiger partial charge is 0.497 e. The van der Waals surface area contributed by atoms with Gasteiger partial charge in [0.05, 0.1) is 13.7 Å². The van der Waals surface area contributed by atoms with Crippen molar-refractivity contribution in [1.82, 2.24) is 0 Å². The van der Waals surface area contributed by atoms with Crippen LogP contribution < -0.4 is 10.5 Å². The Morgan fingerprint density at radius 1 is 1.47 bits per heavy atom. The summed E-state index contributed by atoms with van der Waals surface area (Å²) < 4.78 is 49.9. The molecule has 0 aromatic heterocycles. The molecule has 4 nitrogen and oxygen atoms in total. The standard InChI is InChI=1S/C12H14F3NO3/c1-3-19-11(17)12(14,15)10(16)8-6-7(18-2)4-5-9(8)13/h4-6,10H,3,16H2,1-2H3/t10-/m1/s1. The Kier molecular flexibility index (Phi) is 4.77. The van der Waals surface area contributed by atoms with Crippen LogP contribution in [0.4, 0.5) is 13.2 Å². The zero-order chi connectivity index (χ0) is 14.6. The highest BCUT2D eigenvalue weighted by Crippen LogP contribution is 2.33. The SMILES string of the molecule is CCOC(=O)C(F)(F)[C@H](N)c1cc(OC)ccc1F. The molecule has 1 aromatic rings. The molecule has 0 bridgehead atoms. The summed E-state index contributed by atoms with van der Waals surface area (Å²) in [6.45, 7) is 1.16. The van der Waals surface area contributed by atoms with E-state index in [4.69, 9.17) is 10.5 Å². The number of nitrogens with two attached hydrogens (primary N) is 1. The maximum atomic E-state index is 13.7. The molecule has 0 radical (unpaired) electrons. The van der Waals surface area contributed by atoms with E-state index in [-0.39, 0.29) is 12.4 Å². The van der Waals surface area contributed by atoms with Gasteiger partial charge in [0.15, 0.2) is 0 Å². The van der Waals surface area contributed by atoms with E-state index in [1.807, 2.05) is 0 Å². The van der Waals surface area contributed by atoms with Gasteiger partial charge in [-0.3, -0.25) is 0 Å². The first kappa shape index (κ1) is 15.3. The van der Waals surface area contributed by atoms with Crippen LogP contribution in [0.3, 0.4) is 0 Å². The van der Waals surface area contributed by atoms with Gasteiger partial charge in [-0.25, -0.2) is 9.18 Å². The number of hydrogen-bond donors (Lipinski definition) is 1. The minimum Gasteiger partial charge on any atom is -0.497 e. The maximum absolute atomic E-state index is 13.7. The van der Waals surface area contributed by atoms with Crippen molar-refractivity contribution in [2.24, 2.45) is 5.73 Å². The minimum absolute atomic E-state index is 0.159. The number of esters is 1. The Balaban J connectivity index is 3.11. The molecule has 0 aliphatic heterocycles. The zero-order valence-electron chi connectivity index (χ0n) is 10.5. The van der Waals surface area contributed by atoms with Gasteiger partial charge in [0.1, 0.15) is 17.6 Å². The molecule has 1 rings (SSSR count). The molecule has 0 saturated heterocycles. The van der Waals surface area contributed by atoms with Crippen LogP contribution in [0, 0.1) is 5.82 Å². The summed E-state index contributed by atoms with van der Waals surface area (Å²) in [6.07, 6.45) is 0. The first-order valence-corrected chi connectivity index (χ1v) is 5.48. The lowest BCUT2D eigenvalue weighted by atomic mass is 10.0. The average Bonchev–Trinajstić information content (AvgIpc) is 2.38. The fraction of sp³-hybridized carbons (Fsp3) is 0.417. The van der Waals surface area contributed by atoms with E-state index in [2.05, 4.69) is 4.74 Å². The van der Waals surface area contributed by atoms with Crippen LogP contribution in [0.5, 0.6) is 5.75 Å². The topological polar surface area (TPSA) is 61.5 Å². The van der Waals surface area contributed by atoms with Crippen LogP contribution in [-0.2, 0) is 9.53 Å². The van der Waals surface area contributed by atoms with Gasteiger partial charge in [-0.1, -0.05) is 0 Å². The molecule has 0 unspecified atom stereocenters. The molecule has 1 aromatic carbocycles. The van der Waals surface area contributed by atoms with Crippen LogP contribution in [0.1, 0.15) is 18.5 Å².